The molecule has 0 saturated heterocycles. The molecule has 1 N–H and O–H groups in total. The van der Waals surface area contributed by atoms with Gasteiger partial charge in [0.25, 0.3) is 5.91 Å². The van der Waals surface area contributed by atoms with Crippen LogP contribution >= 0.6 is 0 Å². The quantitative estimate of drug-likeness (QED) is 0.476. The van der Waals surface area contributed by atoms with Crippen LogP contribution in [0, 0.1) is 0 Å². The number of carbonyl (C=O) groups excluding carboxylic acids is 1. The molecule has 0 spiro atoms. The lowest BCUT2D eigenvalue weighted by molar-refractivity contribution is -0.139. The van der Waals surface area contributed by atoms with E-state index in [2.05, 4.69) is 31.0 Å². The average molecular weight is 379 g/mol. The zero-order valence-corrected chi connectivity index (χ0v) is 17.8. The van der Waals surface area contributed by atoms with E-state index < -0.39 is 5.60 Å². The summed E-state index contributed by atoms with van der Waals surface area (Å²) in [7, 11) is 0. The van der Waals surface area contributed by atoms with Gasteiger partial charge in [0, 0.05) is 18.8 Å². The fourth-order valence-corrected chi connectivity index (χ4v) is 3.01. The summed E-state index contributed by atoms with van der Waals surface area (Å²) >= 11 is 0. The standard InChI is InChI=1S/C22H38N2O3/c1-6-10-11-16-22(5,27-9-4)21(25)23-19-12-14-20(15-13-19)26-18-17-24(7-2)8-3/h12-15H,6-11,16-18H2,1-5H3,(H,23,25)/t22-/m1/s1. The van der Waals surface area contributed by atoms with Crippen molar-refractivity contribution < 1.29 is 14.3 Å². The van der Waals surface area contributed by atoms with Crippen LogP contribution in [0.25, 0.3) is 0 Å². The highest BCUT2D eigenvalue weighted by Gasteiger charge is 2.33. The first kappa shape index (κ1) is 23.4. The first-order valence-electron chi connectivity index (χ1n) is 10.4. The molecule has 27 heavy (non-hydrogen) atoms. The van der Waals surface area contributed by atoms with Gasteiger partial charge in [-0.2, -0.15) is 0 Å². The number of hydrogen-bond acceptors (Lipinski definition) is 4. The highest BCUT2D eigenvalue weighted by Crippen LogP contribution is 2.23. The third kappa shape index (κ3) is 8.31. The van der Waals surface area contributed by atoms with E-state index in [1.54, 1.807) is 0 Å². The molecule has 0 fully saturated rings. The molecule has 154 valence electrons. The zero-order valence-electron chi connectivity index (χ0n) is 17.8. The van der Waals surface area contributed by atoms with E-state index in [1.807, 2.05) is 38.1 Å². The molecule has 0 unspecified atom stereocenters. The Morgan fingerprint density at radius 3 is 2.30 bits per heavy atom. The van der Waals surface area contributed by atoms with Gasteiger partial charge >= 0.3 is 0 Å². The lowest BCUT2D eigenvalue weighted by Crippen LogP contribution is -2.42. The Balaban J connectivity index is 2.57. The van der Waals surface area contributed by atoms with Crippen molar-refractivity contribution >= 4 is 11.6 Å². The Labute approximate surface area is 165 Å². The summed E-state index contributed by atoms with van der Waals surface area (Å²) in [6.45, 7) is 14.4. The van der Waals surface area contributed by atoms with Crippen LogP contribution in [0.2, 0.25) is 0 Å². The Morgan fingerprint density at radius 1 is 1.07 bits per heavy atom. The van der Waals surface area contributed by atoms with Crippen LogP contribution in [0.15, 0.2) is 24.3 Å². The SMILES string of the molecule is CCCCC[C@@](C)(OCC)C(=O)Nc1ccc(OCCN(CC)CC)cc1. The maximum absolute atomic E-state index is 12.7. The molecule has 0 radical (unpaired) electrons. The minimum Gasteiger partial charge on any atom is -0.492 e. The maximum atomic E-state index is 12.7. The molecule has 1 atom stereocenters. The number of hydrogen-bond donors (Lipinski definition) is 1. The molecule has 0 aromatic heterocycles. The van der Waals surface area contributed by atoms with Gasteiger partial charge in [0.1, 0.15) is 18.0 Å². The second-order valence-electron chi connectivity index (χ2n) is 6.97. The van der Waals surface area contributed by atoms with Crippen molar-refractivity contribution in [1.82, 2.24) is 4.90 Å². The van der Waals surface area contributed by atoms with Crippen molar-refractivity contribution in [1.29, 1.82) is 0 Å². The number of amides is 1. The minimum absolute atomic E-state index is 0.0874. The fourth-order valence-electron chi connectivity index (χ4n) is 3.01. The number of anilines is 1. The number of carbonyl (C=O) groups is 1. The number of likely N-dealkylation sites (N-methyl/N-ethyl adjacent to an activating group) is 1. The van der Waals surface area contributed by atoms with Gasteiger partial charge in [0.15, 0.2) is 0 Å². The van der Waals surface area contributed by atoms with Crippen molar-refractivity contribution in [3.8, 4) is 5.75 Å². The molecule has 0 bridgehead atoms. The molecule has 1 amide bonds. The van der Waals surface area contributed by atoms with Crippen LogP contribution in [0.5, 0.6) is 5.75 Å². The highest BCUT2D eigenvalue weighted by molar-refractivity contribution is 5.97. The summed E-state index contributed by atoms with van der Waals surface area (Å²) in [6, 6.07) is 7.55. The normalized spacial score (nSPS) is 13.4. The maximum Gasteiger partial charge on any atom is 0.256 e. The van der Waals surface area contributed by atoms with Gasteiger partial charge in [-0.1, -0.05) is 40.0 Å². The molecule has 1 aromatic rings. The molecule has 0 aliphatic rings. The fraction of sp³-hybridized carbons (Fsp3) is 0.682. The van der Waals surface area contributed by atoms with Crippen molar-refractivity contribution in [2.24, 2.45) is 0 Å². The van der Waals surface area contributed by atoms with Crippen LogP contribution < -0.4 is 10.1 Å². The number of unbranched alkanes of at least 4 members (excludes halogenated alkanes) is 2. The molecular weight excluding hydrogens is 340 g/mol. The third-order valence-corrected chi connectivity index (χ3v) is 4.88. The van der Waals surface area contributed by atoms with E-state index in [4.69, 9.17) is 9.47 Å². The number of ether oxygens (including phenoxy) is 2. The Kier molecular flexibility index (Phi) is 11.1. The van der Waals surface area contributed by atoms with E-state index >= 15 is 0 Å². The Hall–Kier alpha value is -1.59. The number of rotatable bonds is 14. The summed E-state index contributed by atoms with van der Waals surface area (Å²) < 4.78 is 11.6. The van der Waals surface area contributed by atoms with Crippen LogP contribution in [0.4, 0.5) is 5.69 Å². The summed E-state index contributed by atoms with van der Waals surface area (Å²) in [5.74, 6) is 0.728. The van der Waals surface area contributed by atoms with E-state index in [-0.39, 0.29) is 5.91 Å². The van der Waals surface area contributed by atoms with Gasteiger partial charge in [0.05, 0.1) is 0 Å². The average Bonchev–Trinajstić information content (AvgIpc) is 2.67. The van der Waals surface area contributed by atoms with E-state index in [0.29, 0.717) is 13.2 Å². The molecule has 0 saturated carbocycles. The summed E-state index contributed by atoms with van der Waals surface area (Å²) in [4.78, 5) is 15.1. The van der Waals surface area contributed by atoms with E-state index in [1.165, 1.54) is 0 Å². The summed E-state index contributed by atoms with van der Waals surface area (Å²) in [5, 5.41) is 2.99. The summed E-state index contributed by atoms with van der Waals surface area (Å²) in [6.07, 6.45) is 3.95. The second kappa shape index (κ2) is 12.7. The molecular formula is C22H38N2O3. The number of nitrogens with zero attached hydrogens (tertiary/aromatic N) is 1. The van der Waals surface area contributed by atoms with Crippen molar-refractivity contribution in [2.45, 2.75) is 65.9 Å². The molecule has 5 nitrogen and oxygen atoms in total. The summed E-state index contributed by atoms with van der Waals surface area (Å²) in [5.41, 5.74) is -0.0272. The van der Waals surface area contributed by atoms with Crippen molar-refractivity contribution in [3.63, 3.8) is 0 Å². The van der Waals surface area contributed by atoms with E-state index in [0.717, 1.165) is 56.8 Å². The monoisotopic (exact) mass is 378 g/mol. The predicted molar refractivity (Wildman–Crippen MR) is 113 cm³/mol. The van der Waals surface area contributed by atoms with E-state index in [9.17, 15) is 4.79 Å². The molecule has 1 rings (SSSR count). The van der Waals surface area contributed by atoms with Gasteiger partial charge in [-0.25, -0.2) is 0 Å². The van der Waals surface area contributed by atoms with Crippen LogP contribution in [-0.2, 0) is 9.53 Å². The smallest absolute Gasteiger partial charge is 0.256 e. The van der Waals surface area contributed by atoms with Gasteiger partial charge in [-0.05, 0) is 57.6 Å². The largest absolute Gasteiger partial charge is 0.492 e. The van der Waals surface area contributed by atoms with Gasteiger partial charge in [0.2, 0.25) is 0 Å². The second-order valence-corrected chi connectivity index (χ2v) is 6.97. The topological polar surface area (TPSA) is 50.8 Å². The highest BCUT2D eigenvalue weighted by atomic mass is 16.5. The van der Waals surface area contributed by atoms with Gasteiger partial charge in [-0.3, -0.25) is 4.79 Å². The number of benzene rings is 1. The van der Waals surface area contributed by atoms with Crippen LogP contribution in [-0.4, -0.2) is 49.3 Å². The van der Waals surface area contributed by atoms with Gasteiger partial charge in [-0.15, -0.1) is 0 Å². The lowest BCUT2D eigenvalue weighted by Gasteiger charge is -2.28. The molecule has 0 aliphatic heterocycles. The zero-order chi connectivity index (χ0) is 20.1. The third-order valence-electron chi connectivity index (χ3n) is 4.88. The lowest BCUT2D eigenvalue weighted by atomic mass is 9.96. The van der Waals surface area contributed by atoms with Crippen molar-refractivity contribution in [2.75, 3.05) is 38.2 Å². The van der Waals surface area contributed by atoms with Crippen LogP contribution in [0.1, 0.15) is 60.3 Å². The molecule has 0 heterocycles. The van der Waals surface area contributed by atoms with Crippen molar-refractivity contribution in [3.05, 3.63) is 24.3 Å². The molecule has 0 aliphatic carbocycles. The Bertz CT molecular complexity index is 529. The first-order valence-corrected chi connectivity index (χ1v) is 10.4. The molecule has 5 heteroatoms. The number of nitrogens with one attached hydrogen (secondary N) is 1. The first-order chi connectivity index (χ1) is 13.0. The van der Waals surface area contributed by atoms with Crippen LogP contribution in [0.3, 0.4) is 0 Å². The Morgan fingerprint density at radius 2 is 1.74 bits per heavy atom. The predicted octanol–water partition coefficient (Wildman–Crippen LogP) is 4.72. The molecule has 1 aromatic carbocycles. The minimum atomic E-state index is -0.789. The van der Waals surface area contributed by atoms with Gasteiger partial charge < -0.3 is 19.7 Å².